The summed E-state index contributed by atoms with van der Waals surface area (Å²) in [5, 5.41) is 0. The quantitative estimate of drug-likeness (QED) is 0.707. The highest BCUT2D eigenvalue weighted by molar-refractivity contribution is 5.14. The monoisotopic (exact) mass is 208 g/mol. The SMILES string of the molecule is COC1CCc2nc(C(C)(C)C)cn2C1. The van der Waals surface area contributed by atoms with Gasteiger partial charge in [0.15, 0.2) is 0 Å². The van der Waals surface area contributed by atoms with Gasteiger partial charge in [0.1, 0.15) is 5.82 Å². The van der Waals surface area contributed by atoms with Crippen LogP contribution in [0.25, 0.3) is 0 Å². The van der Waals surface area contributed by atoms with Crippen LogP contribution in [0.15, 0.2) is 6.20 Å². The molecular formula is C12H20N2O. The third-order valence-electron chi connectivity index (χ3n) is 3.05. The maximum absolute atomic E-state index is 5.39. The average molecular weight is 208 g/mol. The van der Waals surface area contributed by atoms with Gasteiger partial charge in [0.2, 0.25) is 0 Å². The first-order valence-corrected chi connectivity index (χ1v) is 5.60. The van der Waals surface area contributed by atoms with Crippen molar-refractivity contribution in [1.29, 1.82) is 0 Å². The summed E-state index contributed by atoms with van der Waals surface area (Å²) in [6, 6.07) is 0. The fraction of sp³-hybridized carbons (Fsp3) is 0.750. The lowest BCUT2D eigenvalue weighted by Gasteiger charge is -2.22. The van der Waals surface area contributed by atoms with Crippen molar-refractivity contribution in [3.05, 3.63) is 17.7 Å². The van der Waals surface area contributed by atoms with Crippen LogP contribution in [0.4, 0.5) is 0 Å². The first-order valence-electron chi connectivity index (χ1n) is 5.60. The minimum Gasteiger partial charge on any atom is -0.380 e. The number of aromatic nitrogens is 2. The summed E-state index contributed by atoms with van der Waals surface area (Å²) < 4.78 is 7.64. The lowest BCUT2D eigenvalue weighted by atomic mass is 9.93. The van der Waals surface area contributed by atoms with Crippen LogP contribution in [0.5, 0.6) is 0 Å². The molecule has 3 heteroatoms. The maximum Gasteiger partial charge on any atom is 0.109 e. The van der Waals surface area contributed by atoms with Crippen LogP contribution >= 0.6 is 0 Å². The second kappa shape index (κ2) is 3.63. The van der Waals surface area contributed by atoms with Gasteiger partial charge in [-0.2, -0.15) is 0 Å². The van der Waals surface area contributed by atoms with E-state index in [1.807, 2.05) is 0 Å². The molecule has 0 saturated heterocycles. The Hall–Kier alpha value is -0.830. The van der Waals surface area contributed by atoms with E-state index in [0.717, 1.165) is 19.4 Å². The molecule has 0 aromatic carbocycles. The Labute approximate surface area is 91.5 Å². The number of ether oxygens (including phenoxy) is 1. The molecule has 84 valence electrons. The normalized spacial score (nSPS) is 21.5. The third-order valence-corrected chi connectivity index (χ3v) is 3.05. The van der Waals surface area contributed by atoms with Gasteiger partial charge in [-0.25, -0.2) is 4.98 Å². The van der Waals surface area contributed by atoms with Gasteiger partial charge in [-0.3, -0.25) is 0 Å². The fourth-order valence-electron chi connectivity index (χ4n) is 1.97. The molecule has 3 nitrogen and oxygen atoms in total. The molecule has 0 saturated carbocycles. The topological polar surface area (TPSA) is 27.1 Å². The summed E-state index contributed by atoms with van der Waals surface area (Å²) in [5.41, 5.74) is 1.33. The molecule has 0 amide bonds. The van der Waals surface area contributed by atoms with Crippen LogP contribution in [0.1, 0.15) is 38.7 Å². The van der Waals surface area contributed by atoms with Crippen LogP contribution < -0.4 is 0 Å². The number of fused-ring (bicyclic) bond motifs is 1. The van der Waals surface area contributed by atoms with Gasteiger partial charge in [0.05, 0.1) is 18.3 Å². The molecular weight excluding hydrogens is 188 g/mol. The van der Waals surface area contributed by atoms with Gasteiger partial charge in [-0.15, -0.1) is 0 Å². The highest BCUT2D eigenvalue weighted by atomic mass is 16.5. The molecule has 1 unspecified atom stereocenters. The molecule has 1 aliphatic rings. The summed E-state index contributed by atoms with van der Waals surface area (Å²) in [7, 11) is 1.79. The van der Waals surface area contributed by atoms with E-state index in [9.17, 15) is 0 Å². The lowest BCUT2D eigenvalue weighted by Crippen LogP contribution is -2.25. The highest BCUT2D eigenvalue weighted by Gasteiger charge is 2.24. The number of nitrogens with zero attached hydrogens (tertiary/aromatic N) is 2. The molecule has 0 radical (unpaired) electrons. The Morgan fingerprint density at radius 3 is 2.80 bits per heavy atom. The summed E-state index contributed by atoms with van der Waals surface area (Å²) in [6.45, 7) is 7.56. The Bertz CT molecular complexity index is 349. The fourth-order valence-corrected chi connectivity index (χ4v) is 1.97. The van der Waals surface area contributed by atoms with Crippen molar-refractivity contribution in [2.75, 3.05) is 7.11 Å². The first kappa shape index (κ1) is 10.7. The summed E-state index contributed by atoms with van der Waals surface area (Å²) >= 11 is 0. The zero-order chi connectivity index (χ0) is 11.1. The molecule has 15 heavy (non-hydrogen) atoms. The molecule has 1 aromatic rings. The predicted octanol–water partition coefficient (Wildman–Crippen LogP) is 2.14. The highest BCUT2D eigenvalue weighted by Crippen LogP contribution is 2.24. The minimum absolute atomic E-state index is 0.146. The van der Waals surface area contributed by atoms with E-state index in [2.05, 4.69) is 31.5 Å². The molecule has 1 aromatic heterocycles. The van der Waals surface area contributed by atoms with Gasteiger partial charge in [0.25, 0.3) is 0 Å². The van der Waals surface area contributed by atoms with Gasteiger partial charge in [-0.05, 0) is 6.42 Å². The van der Waals surface area contributed by atoms with Gasteiger partial charge >= 0.3 is 0 Å². The second-order valence-corrected chi connectivity index (χ2v) is 5.34. The average Bonchev–Trinajstić information content (AvgIpc) is 2.59. The predicted molar refractivity (Wildman–Crippen MR) is 60.0 cm³/mol. The smallest absolute Gasteiger partial charge is 0.109 e. The van der Waals surface area contributed by atoms with Crippen molar-refractivity contribution in [2.45, 2.75) is 51.7 Å². The van der Waals surface area contributed by atoms with E-state index in [1.165, 1.54) is 11.5 Å². The van der Waals surface area contributed by atoms with E-state index in [-0.39, 0.29) is 5.41 Å². The van der Waals surface area contributed by atoms with Crippen molar-refractivity contribution in [1.82, 2.24) is 9.55 Å². The van der Waals surface area contributed by atoms with Gasteiger partial charge < -0.3 is 9.30 Å². The number of hydrogen-bond donors (Lipinski definition) is 0. The number of methoxy groups -OCH3 is 1. The molecule has 2 heterocycles. The molecule has 0 spiro atoms. The van der Waals surface area contributed by atoms with E-state index in [0.29, 0.717) is 6.10 Å². The minimum atomic E-state index is 0.146. The molecule has 0 N–H and O–H groups in total. The van der Waals surface area contributed by atoms with Crippen LogP contribution in [0, 0.1) is 0 Å². The van der Waals surface area contributed by atoms with Crippen molar-refractivity contribution in [3.63, 3.8) is 0 Å². The van der Waals surface area contributed by atoms with Crippen molar-refractivity contribution in [3.8, 4) is 0 Å². The van der Waals surface area contributed by atoms with Crippen LogP contribution in [-0.2, 0) is 23.1 Å². The van der Waals surface area contributed by atoms with E-state index in [4.69, 9.17) is 9.72 Å². The van der Waals surface area contributed by atoms with Crippen LogP contribution in [0.3, 0.4) is 0 Å². The van der Waals surface area contributed by atoms with Crippen LogP contribution in [-0.4, -0.2) is 22.8 Å². The number of imidazole rings is 1. The zero-order valence-electron chi connectivity index (χ0n) is 10.1. The summed E-state index contributed by atoms with van der Waals surface area (Å²) in [4.78, 5) is 4.70. The maximum atomic E-state index is 5.39. The zero-order valence-corrected chi connectivity index (χ0v) is 10.1. The summed E-state index contributed by atoms with van der Waals surface area (Å²) in [6.07, 6.45) is 4.67. The van der Waals surface area contributed by atoms with Crippen LogP contribution in [0.2, 0.25) is 0 Å². The largest absolute Gasteiger partial charge is 0.380 e. The van der Waals surface area contributed by atoms with E-state index < -0.39 is 0 Å². The summed E-state index contributed by atoms with van der Waals surface area (Å²) in [5.74, 6) is 1.22. The molecule has 2 rings (SSSR count). The molecule has 0 fully saturated rings. The lowest BCUT2D eigenvalue weighted by molar-refractivity contribution is 0.0706. The van der Waals surface area contributed by atoms with E-state index in [1.54, 1.807) is 7.11 Å². The molecule has 1 atom stereocenters. The standard InChI is InChI=1S/C12H20N2O/c1-12(2,3)10-8-14-7-9(15-4)5-6-11(14)13-10/h8-9H,5-7H2,1-4H3. The Balaban J connectivity index is 2.26. The van der Waals surface area contributed by atoms with Crippen molar-refractivity contribution in [2.24, 2.45) is 0 Å². The van der Waals surface area contributed by atoms with Gasteiger partial charge in [0, 0.05) is 25.1 Å². The second-order valence-electron chi connectivity index (χ2n) is 5.34. The molecule has 1 aliphatic heterocycles. The van der Waals surface area contributed by atoms with E-state index >= 15 is 0 Å². The van der Waals surface area contributed by atoms with Crippen molar-refractivity contribution >= 4 is 0 Å². The van der Waals surface area contributed by atoms with Gasteiger partial charge in [-0.1, -0.05) is 20.8 Å². The Morgan fingerprint density at radius 1 is 1.47 bits per heavy atom. The number of rotatable bonds is 1. The van der Waals surface area contributed by atoms with Crippen molar-refractivity contribution < 1.29 is 4.74 Å². The number of aryl methyl sites for hydroxylation is 1. The number of hydrogen-bond acceptors (Lipinski definition) is 2. The Kier molecular flexibility index (Phi) is 2.59. The Morgan fingerprint density at radius 2 is 2.20 bits per heavy atom. The molecule has 0 bridgehead atoms. The first-order chi connectivity index (χ1) is 7.00. The molecule has 0 aliphatic carbocycles. The third kappa shape index (κ3) is 2.07.